The Kier molecular flexibility index (Phi) is 4.70. The molecule has 1 saturated carbocycles. The molecule has 0 heterocycles. The maximum Gasteiger partial charge on any atom is 0.330 e. The summed E-state index contributed by atoms with van der Waals surface area (Å²) in [4.78, 5) is 22.8. The highest BCUT2D eigenvalue weighted by molar-refractivity contribution is 5.82. The fourth-order valence-corrected chi connectivity index (χ4v) is 2.36. The van der Waals surface area contributed by atoms with Crippen LogP contribution >= 0.6 is 0 Å². The van der Waals surface area contributed by atoms with Crippen molar-refractivity contribution in [3.05, 3.63) is 25.3 Å². The highest BCUT2D eigenvalue weighted by atomic mass is 16.6. The lowest BCUT2D eigenvalue weighted by atomic mass is 9.66. The molecule has 3 atom stereocenters. The van der Waals surface area contributed by atoms with Gasteiger partial charge < -0.3 is 9.47 Å². The first-order valence-electron chi connectivity index (χ1n) is 6.18. The van der Waals surface area contributed by atoms with Crippen LogP contribution in [0.1, 0.15) is 33.1 Å². The van der Waals surface area contributed by atoms with Crippen LogP contribution in [0.5, 0.6) is 0 Å². The molecule has 0 bridgehead atoms. The van der Waals surface area contributed by atoms with E-state index in [9.17, 15) is 9.59 Å². The number of carbonyl (C=O) groups excluding carboxylic acids is 2. The number of hydrogen-bond donors (Lipinski definition) is 0. The fourth-order valence-electron chi connectivity index (χ4n) is 2.36. The zero-order valence-electron chi connectivity index (χ0n) is 11.0. The van der Waals surface area contributed by atoms with Crippen LogP contribution in [-0.4, -0.2) is 23.6 Å². The van der Waals surface area contributed by atoms with Crippen LogP contribution in [0.15, 0.2) is 25.3 Å². The van der Waals surface area contributed by atoms with Crippen LogP contribution < -0.4 is 0 Å². The van der Waals surface area contributed by atoms with E-state index in [2.05, 4.69) is 13.2 Å². The molecule has 1 aliphatic carbocycles. The first-order valence-corrected chi connectivity index (χ1v) is 6.18. The first-order chi connectivity index (χ1) is 8.50. The summed E-state index contributed by atoms with van der Waals surface area (Å²) in [5.74, 6) is -0.798. The Morgan fingerprint density at radius 2 is 2.00 bits per heavy atom. The smallest absolute Gasteiger partial charge is 0.330 e. The molecule has 0 saturated heterocycles. The quantitative estimate of drug-likeness (QED) is 0.538. The molecule has 1 aliphatic rings. The molecule has 0 aromatic rings. The second-order valence-electron chi connectivity index (χ2n) is 4.56. The second-order valence-corrected chi connectivity index (χ2v) is 4.56. The molecule has 4 heteroatoms. The highest BCUT2D eigenvalue weighted by Gasteiger charge is 2.54. The minimum atomic E-state index is -0.710. The molecule has 4 nitrogen and oxygen atoms in total. The second kappa shape index (κ2) is 5.85. The Morgan fingerprint density at radius 3 is 2.33 bits per heavy atom. The largest absolute Gasteiger partial charge is 0.455 e. The summed E-state index contributed by atoms with van der Waals surface area (Å²) in [5, 5.41) is 0. The van der Waals surface area contributed by atoms with E-state index in [1.807, 2.05) is 13.8 Å². The number of rotatable bonds is 6. The van der Waals surface area contributed by atoms with Crippen molar-refractivity contribution < 1.29 is 19.1 Å². The average Bonchev–Trinajstić information content (AvgIpc) is 2.39. The summed E-state index contributed by atoms with van der Waals surface area (Å²) in [6, 6.07) is 0. The van der Waals surface area contributed by atoms with Gasteiger partial charge in [0, 0.05) is 12.2 Å². The van der Waals surface area contributed by atoms with Gasteiger partial charge in [-0.3, -0.25) is 0 Å². The normalized spacial score (nSPS) is 27.6. The van der Waals surface area contributed by atoms with Crippen molar-refractivity contribution in [3.8, 4) is 0 Å². The van der Waals surface area contributed by atoms with Gasteiger partial charge >= 0.3 is 11.9 Å². The molecule has 18 heavy (non-hydrogen) atoms. The summed E-state index contributed by atoms with van der Waals surface area (Å²) < 4.78 is 10.8. The summed E-state index contributed by atoms with van der Waals surface area (Å²) in [5.41, 5.74) is -0.710. The third-order valence-electron chi connectivity index (χ3n) is 3.60. The molecule has 0 aliphatic heterocycles. The summed E-state index contributed by atoms with van der Waals surface area (Å²) >= 11 is 0. The van der Waals surface area contributed by atoms with E-state index in [-0.39, 0.29) is 5.92 Å². The maximum absolute atomic E-state index is 11.4. The van der Waals surface area contributed by atoms with Gasteiger partial charge in [0.05, 0.1) is 0 Å². The van der Waals surface area contributed by atoms with E-state index in [0.29, 0.717) is 12.8 Å². The van der Waals surface area contributed by atoms with E-state index in [4.69, 9.17) is 9.47 Å². The van der Waals surface area contributed by atoms with E-state index < -0.39 is 23.6 Å². The van der Waals surface area contributed by atoms with Gasteiger partial charge in [-0.25, -0.2) is 9.59 Å². The molecule has 3 unspecified atom stereocenters. The lowest BCUT2D eigenvalue weighted by molar-refractivity contribution is -0.213. The zero-order chi connectivity index (χ0) is 13.8. The lowest BCUT2D eigenvalue weighted by Crippen LogP contribution is -2.58. The Hall–Kier alpha value is -1.58. The van der Waals surface area contributed by atoms with Gasteiger partial charge in [0.25, 0.3) is 0 Å². The molecule has 1 rings (SSSR count). The molecule has 0 spiro atoms. The van der Waals surface area contributed by atoms with Gasteiger partial charge in [-0.1, -0.05) is 27.0 Å². The van der Waals surface area contributed by atoms with Gasteiger partial charge in [0.15, 0.2) is 5.60 Å². The van der Waals surface area contributed by atoms with Crippen LogP contribution in [0, 0.1) is 5.92 Å². The number of ether oxygens (including phenoxy) is 2. The minimum absolute atomic E-state index is 0.170. The Labute approximate surface area is 108 Å². The Balaban J connectivity index is 2.87. The fraction of sp³-hybridized carbons (Fsp3) is 0.571. The lowest BCUT2D eigenvalue weighted by Gasteiger charge is -2.50. The molecular formula is C14H20O4. The predicted molar refractivity (Wildman–Crippen MR) is 67.8 cm³/mol. The van der Waals surface area contributed by atoms with Crippen molar-refractivity contribution >= 4 is 11.9 Å². The topological polar surface area (TPSA) is 52.6 Å². The molecule has 0 aromatic carbocycles. The van der Waals surface area contributed by atoms with Crippen LogP contribution in [0.25, 0.3) is 0 Å². The molecular weight excluding hydrogens is 232 g/mol. The summed E-state index contributed by atoms with van der Waals surface area (Å²) in [6.45, 7) is 10.7. The van der Waals surface area contributed by atoms with Crippen molar-refractivity contribution in [2.24, 2.45) is 5.92 Å². The first kappa shape index (κ1) is 14.5. The molecule has 100 valence electrons. The van der Waals surface area contributed by atoms with Crippen LogP contribution in [-0.2, 0) is 19.1 Å². The van der Waals surface area contributed by atoms with E-state index in [1.54, 1.807) is 0 Å². The van der Waals surface area contributed by atoms with E-state index in [0.717, 1.165) is 18.6 Å². The number of hydrogen-bond acceptors (Lipinski definition) is 4. The Morgan fingerprint density at radius 1 is 1.39 bits per heavy atom. The molecule has 0 N–H and O–H groups in total. The van der Waals surface area contributed by atoms with Crippen molar-refractivity contribution in [1.82, 2.24) is 0 Å². The number of esters is 2. The number of carbonyl (C=O) groups is 2. The van der Waals surface area contributed by atoms with Crippen molar-refractivity contribution in [2.45, 2.75) is 44.8 Å². The SMILES string of the molecule is C=CC(=O)OC(CC)C1(OC(=O)C=C)CCC1C. The predicted octanol–water partition coefficient (Wildman–Crippen LogP) is 2.39. The average molecular weight is 252 g/mol. The van der Waals surface area contributed by atoms with Crippen LogP contribution in [0.4, 0.5) is 0 Å². The van der Waals surface area contributed by atoms with Gasteiger partial charge in [-0.2, -0.15) is 0 Å². The van der Waals surface area contributed by atoms with Gasteiger partial charge in [0.2, 0.25) is 0 Å². The monoisotopic (exact) mass is 252 g/mol. The highest BCUT2D eigenvalue weighted by Crippen LogP contribution is 2.46. The van der Waals surface area contributed by atoms with Gasteiger partial charge in [-0.15, -0.1) is 0 Å². The zero-order valence-corrected chi connectivity index (χ0v) is 11.0. The van der Waals surface area contributed by atoms with Crippen molar-refractivity contribution in [2.75, 3.05) is 0 Å². The molecule has 1 fully saturated rings. The van der Waals surface area contributed by atoms with Gasteiger partial charge in [-0.05, 0) is 25.2 Å². The van der Waals surface area contributed by atoms with Crippen LogP contribution in [0.2, 0.25) is 0 Å². The van der Waals surface area contributed by atoms with Crippen molar-refractivity contribution in [3.63, 3.8) is 0 Å². The Bertz CT molecular complexity index is 361. The van der Waals surface area contributed by atoms with E-state index in [1.165, 1.54) is 0 Å². The van der Waals surface area contributed by atoms with Crippen LogP contribution in [0.3, 0.4) is 0 Å². The standard InChI is InChI=1S/C14H20O4/c1-5-11(17-12(15)6-2)14(9-8-10(14)4)18-13(16)7-3/h6-7,10-11H,2-3,5,8-9H2,1,4H3. The van der Waals surface area contributed by atoms with Gasteiger partial charge in [0.1, 0.15) is 6.10 Å². The maximum atomic E-state index is 11.4. The van der Waals surface area contributed by atoms with Crippen molar-refractivity contribution in [1.29, 1.82) is 0 Å². The third-order valence-corrected chi connectivity index (χ3v) is 3.60. The molecule has 0 aromatic heterocycles. The molecule has 0 amide bonds. The third kappa shape index (κ3) is 2.63. The minimum Gasteiger partial charge on any atom is -0.455 e. The van der Waals surface area contributed by atoms with E-state index >= 15 is 0 Å². The molecule has 0 radical (unpaired) electrons. The summed E-state index contributed by atoms with van der Waals surface area (Å²) in [6.07, 6.45) is 4.07. The summed E-state index contributed by atoms with van der Waals surface area (Å²) in [7, 11) is 0.